The fourth-order valence-electron chi connectivity index (χ4n) is 0.737. The van der Waals surface area contributed by atoms with Crippen molar-refractivity contribution in [2.75, 3.05) is 0 Å². The molecule has 0 saturated heterocycles. The van der Waals surface area contributed by atoms with Crippen LogP contribution in [0.3, 0.4) is 0 Å². The highest BCUT2D eigenvalue weighted by molar-refractivity contribution is 5.67. The highest BCUT2D eigenvalue weighted by atomic mass is 16.4. The van der Waals surface area contributed by atoms with E-state index < -0.39 is 12.0 Å². The molecule has 0 amide bonds. The first-order valence-electron chi connectivity index (χ1n) is 3.37. The first-order valence-corrected chi connectivity index (χ1v) is 3.37. The van der Waals surface area contributed by atoms with Gasteiger partial charge in [0.15, 0.2) is 0 Å². The number of hydrogen-bond donors (Lipinski definition) is 2. The second kappa shape index (κ2) is 3.31. The van der Waals surface area contributed by atoms with Crippen LogP contribution in [-0.2, 0) is 4.79 Å². The summed E-state index contributed by atoms with van der Waals surface area (Å²) in [6.45, 7) is 1.62. The number of rotatable bonds is 3. The van der Waals surface area contributed by atoms with Crippen LogP contribution in [0.5, 0.6) is 0 Å². The summed E-state index contributed by atoms with van der Waals surface area (Å²) in [7, 11) is 0. The molecule has 0 aromatic carbocycles. The van der Waals surface area contributed by atoms with Crippen molar-refractivity contribution in [2.45, 2.75) is 19.4 Å². The van der Waals surface area contributed by atoms with E-state index in [9.17, 15) is 4.79 Å². The van der Waals surface area contributed by atoms with E-state index in [-0.39, 0.29) is 12.3 Å². The van der Waals surface area contributed by atoms with Gasteiger partial charge in [-0.05, 0) is 0 Å². The number of hydrogen-bond acceptors (Lipinski definition) is 5. The molecule has 0 aliphatic carbocycles. The average molecular weight is 171 g/mol. The molecule has 1 aromatic heterocycles. The molecule has 1 atom stereocenters. The first kappa shape index (κ1) is 8.66. The molecule has 66 valence electrons. The van der Waals surface area contributed by atoms with Crippen LogP contribution < -0.4 is 5.73 Å². The van der Waals surface area contributed by atoms with Gasteiger partial charge in [-0.3, -0.25) is 4.79 Å². The van der Waals surface area contributed by atoms with Gasteiger partial charge in [-0.2, -0.15) is 0 Å². The van der Waals surface area contributed by atoms with Gasteiger partial charge in [-0.25, -0.2) is 0 Å². The van der Waals surface area contributed by atoms with E-state index >= 15 is 0 Å². The van der Waals surface area contributed by atoms with Gasteiger partial charge in [0.25, 0.3) is 0 Å². The average Bonchev–Trinajstić information content (AvgIpc) is 2.34. The van der Waals surface area contributed by atoms with E-state index in [4.69, 9.17) is 15.3 Å². The summed E-state index contributed by atoms with van der Waals surface area (Å²) < 4.78 is 4.94. The maximum atomic E-state index is 10.2. The molecule has 3 N–H and O–H groups in total. The predicted molar refractivity (Wildman–Crippen MR) is 38.2 cm³/mol. The zero-order valence-corrected chi connectivity index (χ0v) is 6.52. The lowest BCUT2D eigenvalue weighted by Crippen LogP contribution is -2.15. The maximum absolute atomic E-state index is 10.2. The summed E-state index contributed by atoms with van der Waals surface area (Å²) in [6.07, 6.45) is -0.207. The van der Waals surface area contributed by atoms with E-state index in [1.54, 1.807) is 6.92 Å². The fourth-order valence-corrected chi connectivity index (χ4v) is 0.737. The molecule has 1 heterocycles. The summed E-state index contributed by atoms with van der Waals surface area (Å²) in [5.41, 5.74) is 5.43. The second-order valence-electron chi connectivity index (χ2n) is 2.36. The van der Waals surface area contributed by atoms with Crippen molar-refractivity contribution < 1.29 is 14.3 Å². The summed E-state index contributed by atoms with van der Waals surface area (Å²) >= 11 is 0. The molecule has 6 nitrogen and oxygen atoms in total. The largest absolute Gasteiger partial charge is 0.481 e. The van der Waals surface area contributed by atoms with Crippen LogP contribution in [0.1, 0.15) is 24.2 Å². The molecular formula is C6H9N3O3. The van der Waals surface area contributed by atoms with Crippen molar-refractivity contribution in [1.29, 1.82) is 0 Å². The highest BCUT2D eigenvalue weighted by Gasteiger charge is 2.15. The molecule has 0 fully saturated rings. The first-order chi connectivity index (χ1) is 5.59. The Balaban J connectivity index is 2.64. The second-order valence-corrected chi connectivity index (χ2v) is 2.36. The Morgan fingerprint density at radius 1 is 1.75 bits per heavy atom. The molecule has 0 saturated carbocycles. The van der Waals surface area contributed by atoms with Crippen LogP contribution in [0.2, 0.25) is 0 Å². The number of carboxylic acids is 1. The molecule has 0 bridgehead atoms. The molecule has 1 rings (SSSR count). The third-order valence-corrected chi connectivity index (χ3v) is 1.25. The highest BCUT2D eigenvalue weighted by Crippen LogP contribution is 2.11. The Labute approximate surface area is 68.4 Å². The predicted octanol–water partition coefficient (Wildman–Crippen LogP) is -0.147. The van der Waals surface area contributed by atoms with Gasteiger partial charge in [0.2, 0.25) is 11.8 Å². The molecular weight excluding hydrogens is 162 g/mol. The lowest BCUT2D eigenvalue weighted by atomic mass is 10.2. The van der Waals surface area contributed by atoms with Gasteiger partial charge >= 0.3 is 5.97 Å². The monoisotopic (exact) mass is 171 g/mol. The molecule has 0 spiro atoms. The molecule has 1 aromatic rings. The van der Waals surface area contributed by atoms with Crippen molar-refractivity contribution >= 4 is 5.97 Å². The van der Waals surface area contributed by atoms with E-state index in [1.165, 1.54) is 0 Å². The van der Waals surface area contributed by atoms with Gasteiger partial charge in [0.1, 0.15) is 0 Å². The number of carboxylic acid groups (broad SMARTS) is 1. The standard InChI is InChI=1S/C6H9N3O3/c1-3-8-9-6(12-3)4(7)2-5(10)11/h4H,2,7H2,1H3,(H,10,11)/t4-/m0/s1. The summed E-state index contributed by atoms with van der Waals surface area (Å²) in [5, 5.41) is 15.5. The minimum absolute atomic E-state index is 0.162. The minimum atomic E-state index is -0.988. The molecule has 0 aliphatic rings. The van der Waals surface area contributed by atoms with Crippen molar-refractivity contribution in [3.63, 3.8) is 0 Å². The molecule has 0 aliphatic heterocycles. The third kappa shape index (κ3) is 2.03. The topological polar surface area (TPSA) is 102 Å². The van der Waals surface area contributed by atoms with E-state index in [0.717, 1.165) is 0 Å². The Kier molecular flexibility index (Phi) is 2.39. The number of nitrogens with two attached hydrogens (primary N) is 1. The third-order valence-electron chi connectivity index (χ3n) is 1.25. The Morgan fingerprint density at radius 3 is 2.83 bits per heavy atom. The van der Waals surface area contributed by atoms with Crippen LogP contribution in [-0.4, -0.2) is 21.3 Å². The van der Waals surface area contributed by atoms with Crippen molar-refractivity contribution in [2.24, 2.45) is 5.73 Å². The van der Waals surface area contributed by atoms with Crippen LogP contribution in [0.25, 0.3) is 0 Å². The Hall–Kier alpha value is -1.43. The van der Waals surface area contributed by atoms with Crippen molar-refractivity contribution in [3.8, 4) is 0 Å². The quantitative estimate of drug-likeness (QED) is 0.655. The van der Waals surface area contributed by atoms with Gasteiger partial charge in [0.05, 0.1) is 12.5 Å². The molecule has 6 heteroatoms. The smallest absolute Gasteiger partial charge is 0.305 e. The lowest BCUT2D eigenvalue weighted by molar-refractivity contribution is -0.137. The summed E-state index contributed by atoms with van der Waals surface area (Å²) in [5.74, 6) is -0.445. The number of aryl methyl sites for hydroxylation is 1. The van der Waals surface area contributed by atoms with Crippen LogP contribution in [0, 0.1) is 6.92 Å². The van der Waals surface area contributed by atoms with Gasteiger partial charge in [-0.1, -0.05) is 0 Å². The number of aromatic nitrogens is 2. The Bertz CT molecular complexity index is 283. The minimum Gasteiger partial charge on any atom is -0.481 e. The maximum Gasteiger partial charge on any atom is 0.305 e. The van der Waals surface area contributed by atoms with E-state index in [2.05, 4.69) is 10.2 Å². The molecule has 12 heavy (non-hydrogen) atoms. The molecule has 0 unspecified atom stereocenters. The van der Waals surface area contributed by atoms with Crippen LogP contribution in [0.15, 0.2) is 4.42 Å². The number of nitrogens with zero attached hydrogens (tertiary/aromatic N) is 2. The van der Waals surface area contributed by atoms with Gasteiger partial charge in [-0.15, -0.1) is 10.2 Å². The number of aliphatic carboxylic acids is 1. The zero-order valence-electron chi connectivity index (χ0n) is 6.52. The van der Waals surface area contributed by atoms with Gasteiger partial charge < -0.3 is 15.3 Å². The van der Waals surface area contributed by atoms with Gasteiger partial charge in [0, 0.05) is 6.92 Å². The van der Waals surface area contributed by atoms with Crippen molar-refractivity contribution in [3.05, 3.63) is 11.8 Å². The lowest BCUT2D eigenvalue weighted by Gasteiger charge is -2.00. The van der Waals surface area contributed by atoms with E-state index in [0.29, 0.717) is 5.89 Å². The van der Waals surface area contributed by atoms with Crippen LogP contribution >= 0.6 is 0 Å². The fraction of sp³-hybridized carbons (Fsp3) is 0.500. The molecule has 0 radical (unpaired) electrons. The Morgan fingerprint density at radius 2 is 2.42 bits per heavy atom. The SMILES string of the molecule is Cc1nnc([C@@H](N)CC(=O)O)o1. The summed E-state index contributed by atoms with van der Waals surface area (Å²) in [4.78, 5) is 10.2. The van der Waals surface area contributed by atoms with Crippen LogP contribution in [0.4, 0.5) is 0 Å². The summed E-state index contributed by atoms with van der Waals surface area (Å²) in [6, 6.07) is -0.719. The van der Waals surface area contributed by atoms with Crippen molar-refractivity contribution in [1.82, 2.24) is 10.2 Å². The normalized spacial score (nSPS) is 12.8. The van der Waals surface area contributed by atoms with E-state index in [1.807, 2.05) is 0 Å². The zero-order chi connectivity index (χ0) is 9.14. The number of carbonyl (C=O) groups is 1.